The highest BCUT2D eigenvalue weighted by Crippen LogP contribution is 2.29. The van der Waals surface area contributed by atoms with Gasteiger partial charge in [0, 0.05) is 8.59 Å². The molecule has 1 nitrogen and oxygen atoms in total. The van der Waals surface area contributed by atoms with E-state index in [0.29, 0.717) is 5.02 Å². The fourth-order valence-electron chi connectivity index (χ4n) is 1.65. The highest BCUT2D eigenvalue weighted by Gasteiger charge is 2.14. The average Bonchev–Trinajstić information content (AvgIpc) is 2.29. The molecule has 2 N–H and O–H groups in total. The van der Waals surface area contributed by atoms with Gasteiger partial charge in [-0.05, 0) is 51.9 Å². The van der Waals surface area contributed by atoms with E-state index in [9.17, 15) is 4.39 Å². The van der Waals surface area contributed by atoms with Crippen LogP contribution in [0.1, 0.15) is 17.2 Å². The third kappa shape index (κ3) is 2.78. The Morgan fingerprint density at radius 2 is 1.82 bits per heavy atom. The van der Waals surface area contributed by atoms with Crippen molar-refractivity contribution in [3.63, 3.8) is 0 Å². The van der Waals surface area contributed by atoms with Gasteiger partial charge in [0.15, 0.2) is 0 Å². The third-order valence-corrected chi connectivity index (χ3v) is 3.82. The molecule has 0 radical (unpaired) electrons. The van der Waals surface area contributed by atoms with E-state index in [-0.39, 0.29) is 11.9 Å². The van der Waals surface area contributed by atoms with Crippen LogP contribution in [0.15, 0.2) is 42.5 Å². The summed E-state index contributed by atoms with van der Waals surface area (Å²) in [5.41, 5.74) is 7.88. The molecule has 0 aliphatic carbocycles. The Labute approximate surface area is 118 Å². The smallest absolute Gasteiger partial charge is 0.124 e. The van der Waals surface area contributed by atoms with Gasteiger partial charge in [-0.1, -0.05) is 35.9 Å². The van der Waals surface area contributed by atoms with Crippen molar-refractivity contribution in [2.75, 3.05) is 0 Å². The number of halogens is 3. The van der Waals surface area contributed by atoms with E-state index >= 15 is 0 Å². The molecule has 2 rings (SSSR count). The maximum absolute atomic E-state index is 13.0. The summed E-state index contributed by atoms with van der Waals surface area (Å²) in [7, 11) is 0. The van der Waals surface area contributed by atoms with Crippen molar-refractivity contribution in [2.45, 2.75) is 6.04 Å². The second-order valence-electron chi connectivity index (χ2n) is 3.67. The maximum Gasteiger partial charge on any atom is 0.124 e. The van der Waals surface area contributed by atoms with Crippen molar-refractivity contribution >= 4 is 34.2 Å². The minimum Gasteiger partial charge on any atom is -0.320 e. The predicted octanol–water partition coefficient (Wildman–Crippen LogP) is 4.13. The summed E-state index contributed by atoms with van der Waals surface area (Å²) >= 11 is 8.17. The van der Waals surface area contributed by atoms with Gasteiger partial charge in [0.1, 0.15) is 5.82 Å². The van der Waals surface area contributed by atoms with Crippen molar-refractivity contribution in [3.8, 4) is 0 Å². The second kappa shape index (κ2) is 5.33. The first-order chi connectivity index (χ1) is 8.09. The Balaban J connectivity index is 2.44. The predicted molar refractivity (Wildman–Crippen MR) is 76.6 cm³/mol. The van der Waals surface area contributed by atoms with Gasteiger partial charge in [0.05, 0.1) is 6.04 Å². The number of rotatable bonds is 2. The van der Waals surface area contributed by atoms with Crippen molar-refractivity contribution in [2.24, 2.45) is 5.73 Å². The Kier molecular flexibility index (Phi) is 4.01. The summed E-state index contributed by atoms with van der Waals surface area (Å²) in [6.07, 6.45) is 0. The largest absolute Gasteiger partial charge is 0.320 e. The molecule has 0 heterocycles. The van der Waals surface area contributed by atoms with Gasteiger partial charge in [0.25, 0.3) is 0 Å². The molecular weight excluding hydrogens is 352 g/mol. The van der Waals surface area contributed by atoms with Crippen molar-refractivity contribution in [3.05, 3.63) is 68.0 Å². The molecule has 17 heavy (non-hydrogen) atoms. The van der Waals surface area contributed by atoms with E-state index in [4.69, 9.17) is 17.3 Å². The van der Waals surface area contributed by atoms with Gasteiger partial charge in [0.2, 0.25) is 0 Å². The Morgan fingerprint density at radius 3 is 2.47 bits per heavy atom. The number of hydrogen-bond donors (Lipinski definition) is 1. The average molecular weight is 362 g/mol. The fourth-order valence-corrected chi connectivity index (χ4v) is 2.71. The zero-order valence-corrected chi connectivity index (χ0v) is 11.7. The normalized spacial score (nSPS) is 12.5. The summed E-state index contributed by atoms with van der Waals surface area (Å²) in [5, 5.41) is 0.625. The van der Waals surface area contributed by atoms with Crippen LogP contribution in [0.4, 0.5) is 4.39 Å². The number of nitrogens with two attached hydrogens (primary N) is 1. The Bertz CT molecular complexity index is 545. The molecule has 0 spiro atoms. The SMILES string of the molecule is NC(c1ccccc1Cl)c1ccc(F)cc1I. The number of hydrogen-bond acceptors (Lipinski definition) is 1. The van der Waals surface area contributed by atoms with Crippen LogP contribution in [0.5, 0.6) is 0 Å². The molecular formula is C13H10ClFIN. The standard InChI is InChI=1S/C13H10ClFIN/c14-11-4-2-1-3-9(11)13(17)10-6-5-8(15)7-12(10)16/h1-7,13H,17H2. The van der Waals surface area contributed by atoms with Crippen LogP contribution in [0, 0.1) is 9.39 Å². The van der Waals surface area contributed by atoms with Gasteiger partial charge in [-0.2, -0.15) is 0 Å². The van der Waals surface area contributed by atoms with E-state index < -0.39 is 0 Å². The van der Waals surface area contributed by atoms with E-state index in [1.807, 2.05) is 18.2 Å². The monoisotopic (exact) mass is 361 g/mol. The lowest BCUT2D eigenvalue weighted by atomic mass is 10.00. The third-order valence-electron chi connectivity index (χ3n) is 2.54. The Morgan fingerprint density at radius 1 is 1.12 bits per heavy atom. The first kappa shape index (κ1) is 12.8. The molecule has 0 fully saturated rings. The molecule has 0 aliphatic heterocycles. The molecule has 0 amide bonds. The van der Waals surface area contributed by atoms with Crippen molar-refractivity contribution in [1.29, 1.82) is 0 Å². The summed E-state index contributed by atoms with van der Waals surface area (Å²) in [4.78, 5) is 0. The Hall–Kier alpha value is -0.650. The summed E-state index contributed by atoms with van der Waals surface area (Å²) in [5.74, 6) is -0.260. The van der Waals surface area contributed by atoms with Gasteiger partial charge in [-0.3, -0.25) is 0 Å². The van der Waals surface area contributed by atoms with Gasteiger partial charge in [-0.15, -0.1) is 0 Å². The maximum atomic E-state index is 13.0. The molecule has 2 aromatic carbocycles. The van der Waals surface area contributed by atoms with Crippen LogP contribution in [-0.2, 0) is 0 Å². The van der Waals surface area contributed by atoms with E-state index in [0.717, 1.165) is 14.7 Å². The lowest BCUT2D eigenvalue weighted by Crippen LogP contribution is -2.13. The molecule has 0 saturated heterocycles. The van der Waals surface area contributed by atoms with Gasteiger partial charge in [-0.25, -0.2) is 4.39 Å². The minimum atomic E-state index is -0.337. The number of benzene rings is 2. The molecule has 0 aromatic heterocycles. The van der Waals surface area contributed by atoms with Gasteiger partial charge >= 0.3 is 0 Å². The lowest BCUT2D eigenvalue weighted by molar-refractivity contribution is 0.625. The molecule has 1 unspecified atom stereocenters. The van der Waals surface area contributed by atoms with Crippen LogP contribution < -0.4 is 5.73 Å². The van der Waals surface area contributed by atoms with E-state index in [1.54, 1.807) is 12.1 Å². The topological polar surface area (TPSA) is 26.0 Å². The van der Waals surface area contributed by atoms with Gasteiger partial charge < -0.3 is 5.73 Å². The lowest BCUT2D eigenvalue weighted by Gasteiger charge is -2.15. The van der Waals surface area contributed by atoms with Crippen LogP contribution in [0.25, 0.3) is 0 Å². The summed E-state index contributed by atoms with van der Waals surface area (Å²) in [6, 6.07) is 11.7. The summed E-state index contributed by atoms with van der Waals surface area (Å²) in [6.45, 7) is 0. The van der Waals surface area contributed by atoms with Crippen LogP contribution in [0.3, 0.4) is 0 Å². The second-order valence-corrected chi connectivity index (χ2v) is 5.23. The fraction of sp³-hybridized carbons (Fsp3) is 0.0769. The highest BCUT2D eigenvalue weighted by molar-refractivity contribution is 14.1. The molecule has 0 saturated carbocycles. The van der Waals surface area contributed by atoms with E-state index in [2.05, 4.69) is 22.6 Å². The van der Waals surface area contributed by atoms with Crippen LogP contribution in [0.2, 0.25) is 5.02 Å². The highest BCUT2D eigenvalue weighted by atomic mass is 127. The molecule has 88 valence electrons. The van der Waals surface area contributed by atoms with Crippen molar-refractivity contribution in [1.82, 2.24) is 0 Å². The molecule has 2 aromatic rings. The zero-order valence-electron chi connectivity index (χ0n) is 8.83. The molecule has 0 bridgehead atoms. The molecule has 0 aliphatic rings. The molecule has 1 atom stereocenters. The van der Waals surface area contributed by atoms with E-state index in [1.165, 1.54) is 12.1 Å². The zero-order chi connectivity index (χ0) is 12.4. The van der Waals surface area contributed by atoms with Crippen LogP contribution >= 0.6 is 34.2 Å². The first-order valence-corrected chi connectivity index (χ1v) is 6.50. The summed E-state index contributed by atoms with van der Waals surface area (Å²) < 4.78 is 13.8. The quantitative estimate of drug-likeness (QED) is 0.800. The molecule has 4 heteroatoms. The minimum absolute atomic E-state index is 0.260. The first-order valence-electron chi connectivity index (χ1n) is 5.04. The van der Waals surface area contributed by atoms with Crippen molar-refractivity contribution < 1.29 is 4.39 Å². The van der Waals surface area contributed by atoms with Crippen LogP contribution in [-0.4, -0.2) is 0 Å².